The lowest BCUT2D eigenvalue weighted by Gasteiger charge is -2.33. The highest BCUT2D eigenvalue weighted by Crippen LogP contribution is 2.24. The van der Waals surface area contributed by atoms with Crippen molar-refractivity contribution in [1.29, 1.82) is 0 Å². The second-order valence-corrected chi connectivity index (χ2v) is 7.78. The van der Waals surface area contributed by atoms with Gasteiger partial charge in [-0.15, -0.1) is 0 Å². The number of piperidine rings is 1. The lowest BCUT2D eigenvalue weighted by molar-refractivity contribution is -0.121. The number of rotatable bonds is 8. The van der Waals surface area contributed by atoms with Gasteiger partial charge in [-0.3, -0.25) is 14.5 Å². The zero-order chi connectivity index (χ0) is 19.1. The molecule has 27 heavy (non-hydrogen) atoms. The molecule has 1 fully saturated rings. The molecule has 1 aromatic heterocycles. The van der Waals surface area contributed by atoms with Crippen LogP contribution in [0.25, 0.3) is 0 Å². The molecule has 1 aliphatic rings. The van der Waals surface area contributed by atoms with Crippen molar-refractivity contribution < 1.29 is 14.0 Å². The van der Waals surface area contributed by atoms with Crippen LogP contribution in [0.2, 0.25) is 0 Å². The molecular formula is C21H25BrN2O3. The van der Waals surface area contributed by atoms with Crippen LogP contribution in [0.1, 0.15) is 54.3 Å². The zero-order valence-corrected chi connectivity index (χ0v) is 16.9. The average Bonchev–Trinajstić information content (AvgIpc) is 3.22. The fraction of sp³-hybridized carbons (Fsp3) is 0.429. The van der Waals surface area contributed by atoms with Crippen molar-refractivity contribution in [3.8, 4) is 0 Å². The first kappa shape index (κ1) is 19.8. The Hall–Kier alpha value is -1.92. The molecule has 1 atom stereocenters. The molecule has 1 N–H and O–H groups in total. The molecule has 5 nitrogen and oxygen atoms in total. The van der Waals surface area contributed by atoms with Crippen molar-refractivity contribution in [2.75, 3.05) is 19.6 Å². The molecule has 2 heterocycles. The predicted molar refractivity (Wildman–Crippen MR) is 108 cm³/mol. The average molecular weight is 433 g/mol. The van der Waals surface area contributed by atoms with Crippen LogP contribution in [0.15, 0.2) is 51.6 Å². The topological polar surface area (TPSA) is 62.6 Å². The third-order valence-electron chi connectivity index (χ3n) is 4.94. The van der Waals surface area contributed by atoms with Gasteiger partial charge < -0.3 is 9.73 Å². The molecule has 0 unspecified atom stereocenters. The third kappa shape index (κ3) is 5.78. The number of likely N-dealkylation sites (tertiary alicyclic amines) is 1. The largest absolute Gasteiger partial charge is 0.468 e. The highest BCUT2D eigenvalue weighted by molar-refractivity contribution is 9.10. The number of halogens is 1. The van der Waals surface area contributed by atoms with Gasteiger partial charge in [-0.05, 0) is 50.2 Å². The molecule has 2 aromatic rings. The number of hydrogen-bond acceptors (Lipinski definition) is 4. The van der Waals surface area contributed by atoms with Gasteiger partial charge in [-0.25, -0.2) is 0 Å². The van der Waals surface area contributed by atoms with Gasteiger partial charge in [0.05, 0.1) is 12.3 Å². The summed E-state index contributed by atoms with van der Waals surface area (Å²) in [5, 5.41) is 2.98. The minimum Gasteiger partial charge on any atom is -0.468 e. The molecule has 0 aliphatic carbocycles. The molecule has 3 rings (SSSR count). The summed E-state index contributed by atoms with van der Waals surface area (Å²) in [6.07, 6.45) is 5.68. The zero-order valence-electron chi connectivity index (χ0n) is 15.3. The van der Waals surface area contributed by atoms with E-state index in [9.17, 15) is 9.59 Å². The van der Waals surface area contributed by atoms with E-state index in [0.717, 1.165) is 23.3 Å². The highest BCUT2D eigenvalue weighted by Gasteiger charge is 2.24. The Labute approximate surface area is 168 Å². The Kier molecular flexibility index (Phi) is 7.24. The van der Waals surface area contributed by atoms with Crippen LogP contribution in [0.3, 0.4) is 0 Å². The Balaban J connectivity index is 1.50. The summed E-state index contributed by atoms with van der Waals surface area (Å²) in [6, 6.07) is 11.1. The number of hydrogen-bond donors (Lipinski definition) is 1. The number of benzene rings is 1. The van der Waals surface area contributed by atoms with Crippen LogP contribution in [0, 0.1) is 0 Å². The summed E-state index contributed by atoms with van der Waals surface area (Å²) in [4.78, 5) is 26.9. The van der Waals surface area contributed by atoms with E-state index in [1.54, 1.807) is 18.4 Å². The van der Waals surface area contributed by atoms with Crippen molar-refractivity contribution in [3.63, 3.8) is 0 Å². The summed E-state index contributed by atoms with van der Waals surface area (Å²) in [5.41, 5.74) is 0.632. The Bertz CT molecular complexity index is 737. The van der Waals surface area contributed by atoms with Crippen molar-refractivity contribution >= 4 is 27.6 Å². The molecule has 1 aromatic carbocycles. The molecule has 0 radical (unpaired) electrons. The molecule has 144 valence electrons. The van der Waals surface area contributed by atoms with Gasteiger partial charge in [-0.2, -0.15) is 0 Å². The standard InChI is InChI=1S/C21H25BrN2O3/c22-17-8-6-16(7-9-17)19(25)10-11-21(26)23-15-18(20-5-4-14-27-20)24-12-2-1-3-13-24/h4-9,14,18H,1-3,10-13,15H2,(H,23,26)/t18-/m0/s1. The summed E-state index contributed by atoms with van der Waals surface area (Å²) < 4.78 is 6.53. The maximum atomic E-state index is 12.3. The van der Waals surface area contributed by atoms with Gasteiger partial charge in [0.1, 0.15) is 5.76 Å². The number of amides is 1. The van der Waals surface area contributed by atoms with E-state index in [0.29, 0.717) is 12.1 Å². The number of carbonyl (C=O) groups excluding carboxylic acids is 2. The Morgan fingerprint density at radius 1 is 1.07 bits per heavy atom. The predicted octanol–water partition coefficient (Wildman–Crippen LogP) is 4.35. The monoisotopic (exact) mass is 432 g/mol. The van der Waals surface area contributed by atoms with E-state index in [2.05, 4.69) is 26.1 Å². The maximum Gasteiger partial charge on any atom is 0.220 e. The minimum atomic E-state index is -0.103. The van der Waals surface area contributed by atoms with Crippen molar-refractivity contribution in [3.05, 3.63) is 58.5 Å². The molecule has 1 saturated heterocycles. The van der Waals surface area contributed by atoms with Crippen LogP contribution in [-0.2, 0) is 4.79 Å². The molecule has 0 bridgehead atoms. The van der Waals surface area contributed by atoms with Crippen LogP contribution in [-0.4, -0.2) is 36.2 Å². The molecule has 6 heteroatoms. The maximum absolute atomic E-state index is 12.3. The fourth-order valence-corrected chi connectivity index (χ4v) is 3.69. The van der Waals surface area contributed by atoms with E-state index in [1.165, 1.54) is 19.3 Å². The molecule has 1 aliphatic heterocycles. The summed E-state index contributed by atoms with van der Waals surface area (Å²) in [7, 11) is 0. The van der Waals surface area contributed by atoms with Crippen LogP contribution in [0.5, 0.6) is 0 Å². The number of nitrogens with one attached hydrogen (secondary N) is 1. The quantitative estimate of drug-likeness (QED) is 0.629. The Morgan fingerprint density at radius 2 is 1.81 bits per heavy atom. The number of carbonyl (C=O) groups is 2. The normalized spacial score (nSPS) is 16.0. The lowest BCUT2D eigenvalue weighted by atomic mass is 10.1. The summed E-state index contributed by atoms with van der Waals surface area (Å²) in [6.45, 7) is 2.53. The number of Topliss-reactive ketones (excluding diaryl/α,β-unsaturated/α-hetero) is 1. The molecule has 1 amide bonds. The van der Waals surface area contributed by atoms with E-state index >= 15 is 0 Å². The smallest absolute Gasteiger partial charge is 0.220 e. The first-order valence-corrected chi connectivity index (χ1v) is 10.3. The highest BCUT2D eigenvalue weighted by atomic mass is 79.9. The summed E-state index contributed by atoms with van der Waals surface area (Å²) >= 11 is 3.35. The van der Waals surface area contributed by atoms with Crippen molar-refractivity contribution in [1.82, 2.24) is 10.2 Å². The number of furan rings is 1. The van der Waals surface area contributed by atoms with Crippen LogP contribution in [0.4, 0.5) is 0 Å². The van der Waals surface area contributed by atoms with E-state index in [-0.39, 0.29) is 30.6 Å². The molecule has 0 spiro atoms. The SMILES string of the molecule is O=C(CCC(=O)c1ccc(Br)cc1)NC[C@@H](c1ccco1)N1CCCCC1. The van der Waals surface area contributed by atoms with E-state index in [1.807, 2.05) is 24.3 Å². The minimum absolute atomic E-state index is 0.0173. The molecule has 0 saturated carbocycles. The van der Waals surface area contributed by atoms with Gasteiger partial charge in [-0.1, -0.05) is 34.5 Å². The molecular weight excluding hydrogens is 408 g/mol. The second kappa shape index (κ2) is 9.85. The second-order valence-electron chi connectivity index (χ2n) is 6.86. The first-order valence-electron chi connectivity index (χ1n) is 9.46. The first-order chi connectivity index (χ1) is 13.1. The van der Waals surface area contributed by atoms with E-state index in [4.69, 9.17) is 4.42 Å². The van der Waals surface area contributed by atoms with Gasteiger partial charge in [0, 0.05) is 29.4 Å². The van der Waals surface area contributed by atoms with Crippen molar-refractivity contribution in [2.24, 2.45) is 0 Å². The van der Waals surface area contributed by atoms with Gasteiger partial charge in [0.15, 0.2) is 5.78 Å². The number of nitrogens with zero attached hydrogens (tertiary/aromatic N) is 1. The van der Waals surface area contributed by atoms with Crippen LogP contribution >= 0.6 is 15.9 Å². The van der Waals surface area contributed by atoms with Crippen molar-refractivity contribution in [2.45, 2.75) is 38.1 Å². The van der Waals surface area contributed by atoms with E-state index < -0.39 is 0 Å². The van der Waals surface area contributed by atoms with Gasteiger partial charge in [0.2, 0.25) is 5.91 Å². The summed E-state index contributed by atoms with van der Waals surface area (Å²) in [5.74, 6) is 0.758. The van der Waals surface area contributed by atoms with Crippen LogP contribution < -0.4 is 5.32 Å². The third-order valence-corrected chi connectivity index (χ3v) is 5.47. The van der Waals surface area contributed by atoms with Gasteiger partial charge in [0.25, 0.3) is 0 Å². The Morgan fingerprint density at radius 3 is 2.48 bits per heavy atom. The fourth-order valence-electron chi connectivity index (χ4n) is 3.43. The van der Waals surface area contributed by atoms with Gasteiger partial charge >= 0.3 is 0 Å². The number of ketones is 1. The lowest BCUT2D eigenvalue weighted by Crippen LogP contribution is -2.40.